The van der Waals surface area contributed by atoms with Gasteiger partial charge in [0, 0.05) is 5.69 Å². The average Bonchev–Trinajstić information content (AvgIpc) is 2.49. The number of amides is 2. The normalized spacial score (nSPS) is 10.2. The topological polar surface area (TPSA) is 62.7 Å². The molecule has 0 spiro atoms. The van der Waals surface area contributed by atoms with Crippen LogP contribution in [0.4, 0.5) is 10.5 Å². The molecule has 0 aromatic heterocycles. The number of hydrazone groups is 1. The van der Waals surface area contributed by atoms with Crippen LogP contribution in [0.3, 0.4) is 0 Å². The van der Waals surface area contributed by atoms with Crippen LogP contribution < -0.4 is 15.5 Å². The van der Waals surface area contributed by atoms with Gasteiger partial charge in [0.05, 0.1) is 13.3 Å². The molecule has 0 saturated carbocycles. The van der Waals surface area contributed by atoms with Crippen LogP contribution in [0.15, 0.2) is 59.7 Å². The minimum absolute atomic E-state index is 0.388. The fourth-order valence-corrected chi connectivity index (χ4v) is 1.54. The predicted octanol–water partition coefficient (Wildman–Crippen LogP) is 2.85. The third kappa shape index (κ3) is 4.13. The number of urea groups is 1. The SMILES string of the molecule is COc1ccc(/C=N/NC(=O)Nc2ccccc2)cc1. The molecule has 0 aliphatic rings. The lowest BCUT2D eigenvalue weighted by molar-refractivity contribution is 0.252. The van der Waals surface area contributed by atoms with Crippen LogP contribution in [-0.4, -0.2) is 19.4 Å². The molecule has 2 aromatic carbocycles. The van der Waals surface area contributed by atoms with E-state index >= 15 is 0 Å². The molecule has 20 heavy (non-hydrogen) atoms. The molecule has 0 bridgehead atoms. The second-order valence-corrected chi connectivity index (χ2v) is 3.96. The van der Waals surface area contributed by atoms with Gasteiger partial charge < -0.3 is 10.1 Å². The minimum atomic E-state index is -0.388. The van der Waals surface area contributed by atoms with Gasteiger partial charge in [0.1, 0.15) is 5.75 Å². The fourth-order valence-electron chi connectivity index (χ4n) is 1.54. The second kappa shape index (κ2) is 6.94. The van der Waals surface area contributed by atoms with Gasteiger partial charge in [-0.2, -0.15) is 5.10 Å². The van der Waals surface area contributed by atoms with Crippen molar-refractivity contribution in [1.82, 2.24) is 5.43 Å². The number of ether oxygens (including phenoxy) is 1. The molecule has 0 aliphatic carbocycles. The third-order valence-electron chi connectivity index (χ3n) is 2.53. The van der Waals surface area contributed by atoms with Gasteiger partial charge in [-0.25, -0.2) is 10.2 Å². The number of carbonyl (C=O) groups excluding carboxylic acids is 1. The lowest BCUT2D eigenvalue weighted by Gasteiger charge is -2.03. The summed E-state index contributed by atoms with van der Waals surface area (Å²) in [6.45, 7) is 0. The highest BCUT2D eigenvalue weighted by molar-refractivity contribution is 5.90. The summed E-state index contributed by atoms with van der Waals surface area (Å²) >= 11 is 0. The first-order chi connectivity index (χ1) is 9.78. The highest BCUT2D eigenvalue weighted by Crippen LogP contribution is 2.09. The quantitative estimate of drug-likeness (QED) is 0.662. The Bertz CT molecular complexity index is 580. The van der Waals surface area contributed by atoms with E-state index in [1.54, 1.807) is 25.5 Å². The summed E-state index contributed by atoms with van der Waals surface area (Å²) < 4.78 is 5.05. The first kappa shape index (κ1) is 13.6. The fraction of sp³-hybridized carbons (Fsp3) is 0.0667. The lowest BCUT2D eigenvalue weighted by atomic mass is 10.2. The summed E-state index contributed by atoms with van der Waals surface area (Å²) in [5, 5.41) is 6.53. The summed E-state index contributed by atoms with van der Waals surface area (Å²) in [4.78, 5) is 11.5. The standard InChI is InChI=1S/C15H15N3O2/c1-20-14-9-7-12(8-10-14)11-16-18-15(19)17-13-5-3-2-4-6-13/h2-11H,1H3,(H2,17,18,19)/b16-11+. The Balaban J connectivity index is 1.84. The lowest BCUT2D eigenvalue weighted by Crippen LogP contribution is -2.24. The zero-order chi connectivity index (χ0) is 14.2. The van der Waals surface area contributed by atoms with Crippen molar-refractivity contribution in [3.05, 3.63) is 60.2 Å². The molecular weight excluding hydrogens is 254 g/mol. The van der Waals surface area contributed by atoms with Crippen molar-refractivity contribution in [3.8, 4) is 5.75 Å². The summed E-state index contributed by atoms with van der Waals surface area (Å²) in [5.41, 5.74) is 3.98. The second-order valence-electron chi connectivity index (χ2n) is 3.96. The molecule has 0 radical (unpaired) electrons. The van der Waals surface area contributed by atoms with Crippen molar-refractivity contribution < 1.29 is 9.53 Å². The van der Waals surface area contributed by atoms with Crippen LogP contribution in [0.25, 0.3) is 0 Å². The number of carbonyl (C=O) groups is 1. The van der Waals surface area contributed by atoms with Gasteiger partial charge in [-0.3, -0.25) is 0 Å². The Kier molecular flexibility index (Phi) is 4.72. The Hall–Kier alpha value is -2.82. The summed E-state index contributed by atoms with van der Waals surface area (Å²) in [6.07, 6.45) is 1.56. The smallest absolute Gasteiger partial charge is 0.339 e. The average molecular weight is 269 g/mol. The van der Waals surface area contributed by atoms with Crippen LogP contribution >= 0.6 is 0 Å². The maximum atomic E-state index is 11.5. The number of methoxy groups -OCH3 is 1. The van der Waals surface area contributed by atoms with Gasteiger partial charge in [-0.05, 0) is 42.0 Å². The van der Waals surface area contributed by atoms with Crippen molar-refractivity contribution in [2.24, 2.45) is 5.10 Å². The number of anilines is 1. The van der Waals surface area contributed by atoms with Crippen LogP contribution in [0.2, 0.25) is 0 Å². The first-order valence-electron chi connectivity index (χ1n) is 6.07. The Labute approximate surface area is 117 Å². The predicted molar refractivity (Wildman–Crippen MR) is 79.2 cm³/mol. The van der Waals surface area contributed by atoms with Crippen LogP contribution in [0.5, 0.6) is 5.75 Å². The third-order valence-corrected chi connectivity index (χ3v) is 2.53. The molecule has 2 N–H and O–H groups in total. The molecular formula is C15H15N3O2. The highest BCUT2D eigenvalue weighted by Gasteiger charge is 1.98. The van der Waals surface area contributed by atoms with Crippen molar-refractivity contribution in [2.45, 2.75) is 0 Å². The highest BCUT2D eigenvalue weighted by atomic mass is 16.5. The molecule has 0 aliphatic heterocycles. The van der Waals surface area contributed by atoms with E-state index in [-0.39, 0.29) is 6.03 Å². The number of nitrogens with zero attached hydrogens (tertiary/aromatic N) is 1. The van der Waals surface area contributed by atoms with E-state index in [1.165, 1.54) is 0 Å². The molecule has 0 heterocycles. The molecule has 2 rings (SSSR count). The van der Waals surface area contributed by atoms with Crippen LogP contribution in [-0.2, 0) is 0 Å². The maximum Gasteiger partial charge on any atom is 0.339 e. The van der Waals surface area contributed by atoms with E-state index in [2.05, 4.69) is 15.8 Å². The molecule has 102 valence electrons. The monoisotopic (exact) mass is 269 g/mol. The van der Waals surface area contributed by atoms with E-state index in [4.69, 9.17) is 4.74 Å². The minimum Gasteiger partial charge on any atom is -0.497 e. The van der Waals surface area contributed by atoms with Gasteiger partial charge in [0.2, 0.25) is 0 Å². The zero-order valence-electron chi connectivity index (χ0n) is 11.0. The largest absolute Gasteiger partial charge is 0.497 e. The van der Waals surface area contributed by atoms with E-state index in [9.17, 15) is 4.79 Å². The van der Waals surface area contributed by atoms with Gasteiger partial charge in [0.25, 0.3) is 0 Å². The molecule has 0 unspecified atom stereocenters. The molecule has 2 aromatic rings. The van der Waals surface area contributed by atoms with Crippen LogP contribution in [0.1, 0.15) is 5.56 Å². The van der Waals surface area contributed by atoms with E-state index < -0.39 is 0 Å². The van der Waals surface area contributed by atoms with E-state index in [1.807, 2.05) is 42.5 Å². The first-order valence-corrected chi connectivity index (χ1v) is 6.07. The summed E-state index contributed by atoms with van der Waals surface area (Å²) in [5.74, 6) is 0.775. The van der Waals surface area contributed by atoms with Gasteiger partial charge >= 0.3 is 6.03 Å². The zero-order valence-corrected chi connectivity index (χ0v) is 11.0. The van der Waals surface area contributed by atoms with Gasteiger partial charge in [0.15, 0.2) is 0 Å². The van der Waals surface area contributed by atoms with Gasteiger partial charge in [-0.15, -0.1) is 0 Å². The number of rotatable bonds is 4. The Morgan fingerprint density at radius 3 is 2.45 bits per heavy atom. The van der Waals surface area contributed by atoms with Crippen molar-refractivity contribution in [3.63, 3.8) is 0 Å². The maximum absolute atomic E-state index is 11.5. The molecule has 2 amide bonds. The van der Waals surface area contributed by atoms with Crippen LogP contribution in [0, 0.1) is 0 Å². The Morgan fingerprint density at radius 2 is 1.80 bits per heavy atom. The van der Waals surface area contributed by atoms with Crippen molar-refractivity contribution in [1.29, 1.82) is 0 Å². The number of nitrogens with one attached hydrogen (secondary N) is 2. The van der Waals surface area contributed by atoms with E-state index in [0.29, 0.717) is 5.69 Å². The molecule has 5 nitrogen and oxygen atoms in total. The van der Waals surface area contributed by atoms with E-state index in [0.717, 1.165) is 11.3 Å². The summed E-state index contributed by atoms with van der Waals surface area (Å²) in [6, 6.07) is 16.1. The number of para-hydroxylation sites is 1. The molecule has 0 fully saturated rings. The van der Waals surface area contributed by atoms with Crippen molar-refractivity contribution in [2.75, 3.05) is 12.4 Å². The van der Waals surface area contributed by atoms with Gasteiger partial charge in [-0.1, -0.05) is 18.2 Å². The number of hydrogen-bond donors (Lipinski definition) is 2. The molecule has 0 atom stereocenters. The molecule has 0 saturated heterocycles. The number of benzene rings is 2. The summed E-state index contributed by atoms with van der Waals surface area (Å²) in [7, 11) is 1.61. The molecule has 5 heteroatoms. The van der Waals surface area contributed by atoms with Crippen molar-refractivity contribution >= 4 is 17.9 Å². The Morgan fingerprint density at radius 1 is 1.10 bits per heavy atom. The number of hydrogen-bond acceptors (Lipinski definition) is 3.